The molecule has 3 rings (SSSR count). The molecule has 132 valence electrons. The standard InChI is InChI=1S/C14H18N2O6S2/c1-2-22-12-6-5-11(16-14(17)7-8-23(16,18)19)9-13(12)24(20,21)15-10-3-4-10/h5-6,9-10,15H,2-4,7-8H2,1H3. The topological polar surface area (TPSA) is 110 Å². The minimum Gasteiger partial charge on any atom is -0.492 e. The van der Waals surface area contributed by atoms with Crippen LogP contribution in [0.2, 0.25) is 0 Å². The zero-order valence-electron chi connectivity index (χ0n) is 13.1. The highest BCUT2D eigenvalue weighted by molar-refractivity contribution is 7.94. The summed E-state index contributed by atoms with van der Waals surface area (Å²) in [7, 11) is -7.62. The maximum Gasteiger partial charge on any atom is 0.244 e. The smallest absolute Gasteiger partial charge is 0.244 e. The summed E-state index contributed by atoms with van der Waals surface area (Å²) >= 11 is 0. The Labute approximate surface area is 140 Å². The second-order valence-corrected chi connectivity index (χ2v) is 9.30. The molecule has 0 bridgehead atoms. The number of carbonyl (C=O) groups is 1. The van der Waals surface area contributed by atoms with Gasteiger partial charge in [-0.3, -0.25) is 4.79 Å². The molecule has 0 unspecified atom stereocenters. The fourth-order valence-corrected chi connectivity index (χ4v) is 5.38. The Bertz CT molecular complexity index is 875. The lowest BCUT2D eigenvalue weighted by molar-refractivity contribution is -0.116. The van der Waals surface area contributed by atoms with Crippen LogP contribution in [0.5, 0.6) is 5.75 Å². The Morgan fingerprint density at radius 3 is 2.58 bits per heavy atom. The van der Waals surface area contributed by atoms with Crippen molar-refractivity contribution in [3.8, 4) is 5.75 Å². The van der Waals surface area contributed by atoms with E-state index in [1.165, 1.54) is 18.2 Å². The van der Waals surface area contributed by atoms with Crippen molar-refractivity contribution in [1.82, 2.24) is 4.72 Å². The first-order valence-corrected chi connectivity index (χ1v) is 10.7. The van der Waals surface area contributed by atoms with Gasteiger partial charge >= 0.3 is 0 Å². The Kier molecular flexibility index (Phi) is 4.30. The van der Waals surface area contributed by atoms with Gasteiger partial charge in [0.25, 0.3) is 0 Å². The number of rotatable bonds is 6. The van der Waals surface area contributed by atoms with Crippen molar-refractivity contribution in [3.63, 3.8) is 0 Å². The van der Waals surface area contributed by atoms with Gasteiger partial charge in [0.2, 0.25) is 26.0 Å². The third kappa shape index (κ3) is 3.26. The summed E-state index contributed by atoms with van der Waals surface area (Å²) in [6.45, 7) is 1.97. The number of hydrogen-bond donors (Lipinski definition) is 1. The maximum atomic E-state index is 12.5. The van der Waals surface area contributed by atoms with Crippen LogP contribution in [-0.2, 0) is 24.8 Å². The van der Waals surface area contributed by atoms with Crippen LogP contribution in [0.15, 0.2) is 23.1 Å². The molecule has 1 N–H and O–H groups in total. The van der Waals surface area contributed by atoms with E-state index in [1.54, 1.807) is 6.92 Å². The van der Waals surface area contributed by atoms with Gasteiger partial charge in [-0.05, 0) is 38.0 Å². The Balaban J connectivity index is 2.07. The average Bonchev–Trinajstić information content (AvgIpc) is 3.25. The van der Waals surface area contributed by atoms with Crippen molar-refractivity contribution in [2.24, 2.45) is 0 Å². The first kappa shape index (κ1) is 17.2. The predicted octanol–water partition coefficient (Wildman–Crippen LogP) is 0.593. The van der Waals surface area contributed by atoms with E-state index in [-0.39, 0.29) is 41.2 Å². The zero-order chi connectivity index (χ0) is 17.5. The van der Waals surface area contributed by atoms with Crippen LogP contribution in [-0.4, -0.2) is 41.1 Å². The molecule has 1 aliphatic carbocycles. The molecular weight excluding hydrogens is 356 g/mol. The molecule has 0 radical (unpaired) electrons. The number of ether oxygens (including phenoxy) is 1. The van der Waals surface area contributed by atoms with Gasteiger partial charge in [0.05, 0.1) is 18.0 Å². The molecule has 1 saturated carbocycles. The van der Waals surface area contributed by atoms with Crippen LogP contribution in [0, 0.1) is 0 Å². The van der Waals surface area contributed by atoms with E-state index in [1.807, 2.05) is 0 Å². The fraction of sp³-hybridized carbons (Fsp3) is 0.500. The summed E-state index contributed by atoms with van der Waals surface area (Å²) in [5.41, 5.74) is 0.0112. The summed E-state index contributed by atoms with van der Waals surface area (Å²) in [5.74, 6) is -0.724. The van der Waals surface area contributed by atoms with E-state index in [2.05, 4.69) is 4.72 Å². The van der Waals surface area contributed by atoms with Crippen LogP contribution >= 0.6 is 0 Å². The van der Waals surface area contributed by atoms with E-state index in [0.717, 1.165) is 12.8 Å². The minimum atomic E-state index is -3.86. The highest BCUT2D eigenvalue weighted by Gasteiger charge is 2.37. The van der Waals surface area contributed by atoms with Gasteiger partial charge in [-0.25, -0.2) is 25.9 Å². The number of nitrogens with one attached hydrogen (secondary N) is 1. The average molecular weight is 374 g/mol. The lowest BCUT2D eigenvalue weighted by Gasteiger charge is -2.18. The number of sulfonamides is 2. The number of benzene rings is 1. The molecule has 0 spiro atoms. The summed E-state index contributed by atoms with van der Waals surface area (Å²) < 4.78 is 57.7. The van der Waals surface area contributed by atoms with Crippen LogP contribution in [0.1, 0.15) is 26.2 Å². The molecule has 0 aromatic heterocycles. The predicted molar refractivity (Wildman–Crippen MR) is 86.8 cm³/mol. The number of amides is 1. The van der Waals surface area contributed by atoms with Gasteiger partial charge in [-0.2, -0.15) is 0 Å². The first-order chi connectivity index (χ1) is 11.2. The van der Waals surface area contributed by atoms with E-state index in [4.69, 9.17) is 4.74 Å². The van der Waals surface area contributed by atoms with Crippen molar-refractivity contribution in [2.45, 2.75) is 37.1 Å². The molecule has 1 saturated heterocycles. The van der Waals surface area contributed by atoms with E-state index in [0.29, 0.717) is 4.31 Å². The summed E-state index contributed by atoms with van der Waals surface area (Å²) in [4.78, 5) is 11.7. The molecule has 1 aromatic rings. The van der Waals surface area contributed by atoms with Crippen molar-refractivity contribution < 1.29 is 26.4 Å². The van der Waals surface area contributed by atoms with Gasteiger partial charge in [0.15, 0.2) is 0 Å². The molecule has 8 nitrogen and oxygen atoms in total. The largest absolute Gasteiger partial charge is 0.492 e. The quantitative estimate of drug-likeness (QED) is 0.780. The highest BCUT2D eigenvalue weighted by atomic mass is 32.2. The van der Waals surface area contributed by atoms with Crippen LogP contribution in [0.25, 0.3) is 0 Å². The van der Waals surface area contributed by atoms with Crippen LogP contribution in [0.4, 0.5) is 5.69 Å². The molecule has 24 heavy (non-hydrogen) atoms. The van der Waals surface area contributed by atoms with Gasteiger partial charge in [0.1, 0.15) is 10.6 Å². The Morgan fingerprint density at radius 1 is 1.33 bits per heavy atom. The molecule has 1 aromatic carbocycles. The van der Waals surface area contributed by atoms with Crippen LogP contribution in [0.3, 0.4) is 0 Å². The number of anilines is 1. The summed E-state index contributed by atoms with van der Waals surface area (Å²) in [6.07, 6.45) is 1.42. The van der Waals surface area contributed by atoms with E-state index >= 15 is 0 Å². The fourth-order valence-electron chi connectivity index (χ4n) is 2.46. The third-order valence-corrected chi connectivity index (χ3v) is 6.96. The first-order valence-electron chi connectivity index (χ1n) is 7.59. The van der Waals surface area contributed by atoms with Gasteiger partial charge in [-0.1, -0.05) is 0 Å². The molecule has 2 aliphatic rings. The van der Waals surface area contributed by atoms with E-state index < -0.39 is 26.0 Å². The SMILES string of the molecule is CCOc1ccc(N2C(=O)CCS2(=O)=O)cc1S(=O)(=O)NC1CC1. The molecule has 1 aliphatic heterocycles. The Morgan fingerprint density at radius 2 is 2.04 bits per heavy atom. The van der Waals surface area contributed by atoms with Crippen molar-refractivity contribution in [3.05, 3.63) is 18.2 Å². The highest BCUT2D eigenvalue weighted by Crippen LogP contribution is 2.33. The molecule has 10 heteroatoms. The monoisotopic (exact) mass is 374 g/mol. The third-order valence-electron chi connectivity index (χ3n) is 3.73. The lowest BCUT2D eigenvalue weighted by Crippen LogP contribution is -2.30. The van der Waals surface area contributed by atoms with Crippen molar-refractivity contribution in [2.75, 3.05) is 16.7 Å². The second kappa shape index (κ2) is 6.01. The molecule has 2 fully saturated rings. The molecule has 1 heterocycles. The number of hydrogen-bond acceptors (Lipinski definition) is 6. The van der Waals surface area contributed by atoms with Gasteiger partial charge < -0.3 is 4.74 Å². The van der Waals surface area contributed by atoms with Gasteiger partial charge in [-0.15, -0.1) is 0 Å². The molecular formula is C14H18N2O6S2. The van der Waals surface area contributed by atoms with Crippen LogP contribution < -0.4 is 13.8 Å². The number of nitrogens with zero attached hydrogens (tertiary/aromatic N) is 1. The second-order valence-electron chi connectivity index (χ2n) is 5.68. The summed E-state index contributed by atoms with van der Waals surface area (Å²) in [5, 5.41) is 0. The van der Waals surface area contributed by atoms with E-state index in [9.17, 15) is 21.6 Å². The maximum absolute atomic E-state index is 12.5. The Hall–Kier alpha value is -1.65. The summed E-state index contributed by atoms with van der Waals surface area (Å²) in [6, 6.07) is 3.82. The lowest BCUT2D eigenvalue weighted by atomic mass is 10.3. The van der Waals surface area contributed by atoms with Crippen molar-refractivity contribution in [1.29, 1.82) is 0 Å². The van der Waals surface area contributed by atoms with Gasteiger partial charge in [0, 0.05) is 12.5 Å². The minimum absolute atomic E-state index is 0.0112. The normalized spacial score (nSPS) is 20.4. The molecule has 1 amide bonds. The number of carbonyl (C=O) groups excluding carboxylic acids is 1. The zero-order valence-corrected chi connectivity index (χ0v) is 14.7. The van der Waals surface area contributed by atoms with Crippen molar-refractivity contribution >= 4 is 31.6 Å². The molecule has 0 atom stereocenters.